The molecular formula is C17H27NO3. The topological polar surface area (TPSA) is 38.8 Å². The molecule has 21 heavy (non-hydrogen) atoms. The summed E-state index contributed by atoms with van der Waals surface area (Å²) in [7, 11) is 3.49. The maximum absolute atomic E-state index is 11.0. The van der Waals surface area contributed by atoms with Gasteiger partial charge in [0.25, 0.3) is 0 Å². The Morgan fingerprint density at radius 2 is 1.86 bits per heavy atom. The first-order valence-electron chi connectivity index (χ1n) is 7.48. The number of carbonyl (C=O) groups is 1. The van der Waals surface area contributed by atoms with Crippen molar-refractivity contribution in [2.24, 2.45) is 0 Å². The summed E-state index contributed by atoms with van der Waals surface area (Å²) in [5, 5.41) is 0. The van der Waals surface area contributed by atoms with Crippen LogP contribution in [0.25, 0.3) is 0 Å². The van der Waals surface area contributed by atoms with Crippen LogP contribution >= 0.6 is 0 Å². The zero-order chi connectivity index (χ0) is 15.7. The second kappa shape index (κ2) is 9.40. The standard InChI is InChI=1S/C17H27NO3/c1-14-8-9-16(13-15(14)2)21-12-6-11-18(3)10-5-7-17(19)20-4/h8-9,13H,5-7,10-12H2,1-4H3. The molecule has 0 aromatic heterocycles. The van der Waals surface area contributed by atoms with E-state index < -0.39 is 0 Å². The summed E-state index contributed by atoms with van der Waals surface area (Å²) in [4.78, 5) is 13.2. The first-order chi connectivity index (χ1) is 10.0. The van der Waals surface area contributed by atoms with E-state index in [0.717, 1.165) is 31.7 Å². The Balaban J connectivity index is 2.12. The van der Waals surface area contributed by atoms with Crippen molar-refractivity contribution in [2.75, 3.05) is 33.9 Å². The highest BCUT2D eigenvalue weighted by atomic mass is 16.5. The van der Waals surface area contributed by atoms with E-state index >= 15 is 0 Å². The Morgan fingerprint density at radius 3 is 2.52 bits per heavy atom. The number of aryl methyl sites for hydroxylation is 2. The van der Waals surface area contributed by atoms with Gasteiger partial charge in [0.1, 0.15) is 5.75 Å². The molecule has 1 aromatic rings. The van der Waals surface area contributed by atoms with Gasteiger partial charge in [-0.15, -0.1) is 0 Å². The number of hydrogen-bond acceptors (Lipinski definition) is 4. The van der Waals surface area contributed by atoms with Crippen LogP contribution in [-0.4, -0.2) is 44.7 Å². The van der Waals surface area contributed by atoms with Crippen molar-refractivity contribution < 1.29 is 14.3 Å². The minimum Gasteiger partial charge on any atom is -0.494 e. The summed E-state index contributed by atoms with van der Waals surface area (Å²) in [6.07, 6.45) is 2.29. The van der Waals surface area contributed by atoms with E-state index in [1.54, 1.807) is 0 Å². The highest BCUT2D eigenvalue weighted by Gasteiger charge is 2.03. The number of hydrogen-bond donors (Lipinski definition) is 0. The Kier molecular flexibility index (Phi) is 7.83. The molecule has 0 spiro atoms. The van der Waals surface area contributed by atoms with Crippen LogP contribution in [0.4, 0.5) is 0 Å². The average molecular weight is 293 g/mol. The number of ether oxygens (including phenoxy) is 2. The second-order valence-corrected chi connectivity index (χ2v) is 5.43. The zero-order valence-electron chi connectivity index (χ0n) is 13.6. The van der Waals surface area contributed by atoms with Crippen molar-refractivity contribution in [3.63, 3.8) is 0 Å². The molecule has 0 heterocycles. The van der Waals surface area contributed by atoms with E-state index in [2.05, 4.69) is 42.7 Å². The number of methoxy groups -OCH3 is 1. The number of rotatable bonds is 9. The predicted octanol–water partition coefficient (Wildman–Crippen LogP) is 2.96. The average Bonchev–Trinajstić information content (AvgIpc) is 2.47. The van der Waals surface area contributed by atoms with Gasteiger partial charge in [0.05, 0.1) is 13.7 Å². The normalized spacial score (nSPS) is 10.7. The zero-order valence-corrected chi connectivity index (χ0v) is 13.6. The minimum absolute atomic E-state index is 0.138. The van der Waals surface area contributed by atoms with E-state index in [4.69, 9.17) is 4.74 Å². The molecule has 0 unspecified atom stereocenters. The molecule has 0 aliphatic heterocycles. The second-order valence-electron chi connectivity index (χ2n) is 5.43. The smallest absolute Gasteiger partial charge is 0.305 e. The third kappa shape index (κ3) is 7.14. The lowest BCUT2D eigenvalue weighted by Gasteiger charge is -2.16. The van der Waals surface area contributed by atoms with E-state index in [1.165, 1.54) is 18.2 Å². The molecule has 1 aromatic carbocycles. The Morgan fingerprint density at radius 1 is 1.14 bits per heavy atom. The molecule has 0 aliphatic carbocycles. The van der Waals surface area contributed by atoms with Gasteiger partial charge in [-0.05, 0) is 63.5 Å². The third-order valence-electron chi connectivity index (χ3n) is 3.58. The predicted molar refractivity (Wildman–Crippen MR) is 84.8 cm³/mol. The molecule has 0 fully saturated rings. The molecule has 0 bridgehead atoms. The van der Waals surface area contributed by atoms with Gasteiger partial charge in [0.15, 0.2) is 0 Å². The van der Waals surface area contributed by atoms with Gasteiger partial charge in [-0.2, -0.15) is 0 Å². The van der Waals surface area contributed by atoms with Crippen LogP contribution in [-0.2, 0) is 9.53 Å². The fourth-order valence-corrected chi connectivity index (χ4v) is 2.04. The van der Waals surface area contributed by atoms with Gasteiger partial charge in [-0.25, -0.2) is 0 Å². The Bertz CT molecular complexity index is 446. The fourth-order valence-electron chi connectivity index (χ4n) is 2.04. The number of nitrogens with zero attached hydrogens (tertiary/aromatic N) is 1. The van der Waals surface area contributed by atoms with Gasteiger partial charge in [-0.1, -0.05) is 6.07 Å². The molecule has 1 rings (SSSR count). The minimum atomic E-state index is -0.138. The van der Waals surface area contributed by atoms with E-state index in [1.807, 2.05) is 6.07 Å². The number of esters is 1. The third-order valence-corrected chi connectivity index (χ3v) is 3.58. The first-order valence-corrected chi connectivity index (χ1v) is 7.48. The van der Waals surface area contributed by atoms with Crippen molar-refractivity contribution in [2.45, 2.75) is 33.1 Å². The van der Waals surface area contributed by atoms with Gasteiger partial charge in [0, 0.05) is 13.0 Å². The van der Waals surface area contributed by atoms with Gasteiger partial charge >= 0.3 is 5.97 Å². The highest BCUT2D eigenvalue weighted by molar-refractivity contribution is 5.69. The number of carbonyl (C=O) groups excluding carboxylic acids is 1. The van der Waals surface area contributed by atoms with Crippen LogP contribution in [0.1, 0.15) is 30.4 Å². The molecule has 0 saturated heterocycles. The lowest BCUT2D eigenvalue weighted by Crippen LogP contribution is -2.23. The van der Waals surface area contributed by atoms with Crippen LogP contribution in [0, 0.1) is 13.8 Å². The maximum atomic E-state index is 11.0. The molecule has 0 N–H and O–H groups in total. The van der Waals surface area contributed by atoms with Crippen LogP contribution in [0.2, 0.25) is 0 Å². The van der Waals surface area contributed by atoms with Crippen molar-refractivity contribution in [3.05, 3.63) is 29.3 Å². The molecule has 0 atom stereocenters. The largest absolute Gasteiger partial charge is 0.494 e. The first kappa shape index (κ1) is 17.5. The van der Waals surface area contributed by atoms with Crippen molar-refractivity contribution >= 4 is 5.97 Å². The summed E-state index contributed by atoms with van der Waals surface area (Å²) >= 11 is 0. The lowest BCUT2D eigenvalue weighted by molar-refractivity contribution is -0.140. The maximum Gasteiger partial charge on any atom is 0.305 e. The summed E-state index contributed by atoms with van der Waals surface area (Å²) in [5.74, 6) is 0.799. The van der Waals surface area contributed by atoms with Crippen LogP contribution in [0.3, 0.4) is 0 Å². The van der Waals surface area contributed by atoms with Crippen molar-refractivity contribution in [1.82, 2.24) is 4.90 Å². The van der Waals surface area contributed by atoms with Crippen molar-refractivity contribution in [3.8, 4) is 5.75 Å². The SMILES string of the molecule is COC(=O)CCCN(C)CCCOc1ccc(C)c(C)c1. The molecule has 0 amide bonds. The quantitative estimate of drug-likeness (QED) is 0.518. The van der Waals surface area contributed by atoms with Crippen molar-refractivity contribution in [1.29, 1.82) is 0 Å². The highest BCUT2D eigenvalue weighted by Crippen LogP contribution is 2.16. The van der Waals surface area contributed by atoms with Crippen LogP contribution in [0.15, 0.2) is 18.2 Å². The fraction of sp³-hybridized carbons (Fsp3) is 0.588. The summed E-state index contributed by atoms with van der Waals surface area (Å²) < 4.78 is 10.4. The monoisotopic (exact) mass is 293 g/mol. The Labute approximate surface area is 128 Å². The summed E-state index contributed by atoms with van der Waals surface area (Å²) in [6.45, 7) is 6.77. The Hall–Kier alpha value is -1.55. The van der Waals surface area contributed by atoms with Gasteiger partial charge in [-0.3, -0.25) is 4.79 Å². The molecule has 4 nitrogen and oxygen atoms in total. The van der Waals surface area contributed by atoms with E-state index in [-0.39, 0.29) is 5.97 Å². The van der Waals surface area contributed by atoms with E-state index in [0.29, 0.717) is 13.0 Å². The molecule has 118 valence electrons. The molecule has 4 heteroatoms. The molecule has 0 saturated carbocycles. The summed E-state index contributed by atoms with van der Waals surface area (Å²) in [6, 6.07) is 6.18. The van der Waals surface area contributed by atoms with Crippen LogP contribution < -0.4 is 4.74 Å². The van der Waals surface area contributed by atoms with Crippen LogP contribution in [0.5, 0.6) is 5.75 Å². The van der Waals surface area contributed by atoms with E-state index in [9.17, 15) is 4.79 Å². The van der Waals surface area contributed by atoms with Gasteiger partial charge < -0.3 is 14.4 Å². The lowest BCUT2D eigenvalue weighted by atomic mass is 10.1. The van der Waals surface area contributed by atoms with Gasteiger partial charge in [0.2, 0.25) is 0 Å². The summed E-state index contributed by atoms with van der Waals surface area (Å²) in [5.41, 5.74) is 2.54. The molecule has 0 aliphatic rings. The molecule has 0 radical (unpaired) electrons. The number of benzene rings is 1. The molecular weight excluding hydrogens is 266 g/mol.